The molecule has 2 heterocycles. The van der Waals surface area contributed by atoms with Gasteiger partial charge in [-0.15, -0.1) is 0 Å². The van der Waals surface area contributed by atoms with Crippen molar-refractivity contribution in [1.82, 2.24) is 0 Å². The van der Waals surface area contributed by atoms with E-state index in [1.165, 1.54) is 24.3 Å². The van der Waals surface area contributed by atoms with Crippen molar-refractivity contribution >= 4 is 11.9 Å². The molecule has 0 aromatic heterocycles. The Kier molecular flexibility index (Phi) is 5.89. The first-order valence-electron chi connectivity index (χ1n) is 11.0. The molecular formula is C26H22O10. The van der Waals surface area contributed by atoms with Crippen molar-refractivity contribution in [3.63, 3.8) is 0 Å². The molecule has 0 spiro atoms. The third kappa shape index (κ3) is 3.76. The minimum absolute atomic E-state index is 0.0493. The highest BCUT2D eigenvalue weighted by atomic mass is 16.7. The number of carbonyl (C=O) groups is 2. The SMILES string of the molecule is O=C1OC(c2ccc(O)cc2)(c2ccc(O[C@H]3O[C@@H](C(=O)O)[C@H](O)[C@@H](O)[C@@H]3O)cc2)c2ccccc21. The van der Waals surface area contributed by atoms with Gasteiger partial charge >= 0.3 is 11.9 Å². The van der Waals surface area contributed by atoms with E-state index in [4.69, 9.17) is 14.2 Å². The van der Waals surface area contributed by atoms with Gasteiger partial charge in [0.2, 0.25) is 6.29 Å². The lowest BCUT2D eigenvalue weighted by atomic mass is 9.80. The molecule has 10 heteroatoms. The molecule has 2 aliphatic rings. The molecule has 0 amide bonds. The molecule has 1 unspecified atom stereocenters. The summed E-state index contributed by atoms with van der Waals surface area (Å²) in [6.45, 7) is 0. The van der Waals surface area contributed by atoms with Gasteiger partial charge in [0.15, 0.2) is 11.7 Å². The Bertz CT molecular complexity index is 1290. The number of aliphatic carboxylic acids is 1. The van der Waals surface area contributed by atoms with Crippen LogP contribution in [-0.4, -0.2) is 68.2 Å². The number of esters is 1. The lowest BCUT2D eigenvalue weighted by Gasteiger charge is -2.38. The summed E-state index contributed by atoms with van der Waals surface area (Å²) in [6, 6.07) is 19.5. The number of carbonyl (C=O) groups excluding carboxylic acids is 1. The smallest absolute Gasteiger partial charge is 0.340 e. The number of aliphatic hydroxyl groups is 3. The van der Waals surface area contributed by atoms with Crippen molar-refractivity contribution in [2.45, 2.75) is 36.3 Å². The first-order chi connectivity index (χ1) is 17.2. The minimum Gasteiger partial charge on any atom is -0.508 e. The van der Waals surface area contributed by atoms with E-state index < -0.39 is 48.2 Å². The Labute approximate surface area is 204 Å². The van der Waals surface area contributed by atoms with Crippen LogP contribution in [0.4, 0.5) is 0 Å². The molecule has 1 fully saturated rings. The Hall–Kier alpha value is -3.96. The zero-order chi connectivity index (χ0) is 25.6. The molecule has 6 atom stereocenters. The topological polar surface area (TPSA) is 163 Å². The van der Waals surface area contributed by atoms with Crippen molar-refractivity contribution in [2.24, 2.45) is 0 Å². The molecule has 3 aromatic rings. The number of aromatic hydroxyl groups is 1. The second-order valence-corrected chi connectivity index (χ2v) is 8.54. The quantitative estimate of drug-likeness (QED) is 0.325. The maximum atomic E-state index is 12.8. The second kappa shape index (κ2) is 8.92. The number of rotatable bonds is 5. The van der Waals surface area contributed by atoms with Crippen LogP contribution in [0.3, 0.4) is 0 Å². The fraction of sp³-hybridized carbons (Fsp3) is 0.231. The van der Waals surface area contributed by atoms with Gasteiger partial charge in [-0.2, -0.15) is 0 Å². The Morgan fingerprint density at radius 2 is 1.44 bits per heavy atom. The molecule has 3 aromatic carbocycles. The zero-order valence-electron chi connectivity index (χ0n) is 18.6. The molecule has 0 aliphatic carbocycles. The molecule has 186 valence electrons. The lowest BCUT2D eigenvalue weighted by Crippen LogP contribution is -2.61. The number of carboxylic acids is 1. The lowest BCUT2D eigenvalue weighted by molar-refractivity contribution is -0.271. The molecule has 10 nitrogen and oxygen atoms in total. The number of fused-ring (bicyclic) bond motifs is 1. The Balaban J connectivity index is 1.50. The number of phenols is 1. The average molecular weight is 494 g/mol. The number of aliphatic hydroxyl groups excluding tert-OH is 3. The predicted molar refractivity (Wildman–Crippen MR) is 121 cm³/mol. The number of benzene rings is 3. The number of phenolic OH excluding ortho intramolecular Hbond substituents is 1. The predicted octanol–water partition coefficient (Wildman–Crippen LogP) is 1.13. The van der Waals surface area contributed by atoms with Crippen molar-refractivity contribution in [3.05, 3.63) is 95.1 Å². The highest BCUT2D eigenvalue weighted by Crippen LogP contribution is 2.47. The van der Waals surface area contributed by atoms with Crippen LogP contribution in [0, 0.1) is 0 Å². The number of hydrogen-bond donors (Lipinski definition) is 5. The molecule has 0 radical (unpaired) electrons. The van der Waals surface area contributed by atoms with Crippen LogP contribution in [0.15, 0.2) is 72.8 Å². The maximum absolute atomic E-state index is 12.8. The van der Waals surface area contributed by atoms with Crippen molar-refractivity contribution in [2.75, 3.05) is 0 Å². The average Bonchev–Trinajstić information content (AvgIpc) is 3.18. The summed E-state index contributed by atoms with van der Waals surface area (Å²) in [5, 5.41) is 49.1. The summed E-state index contributed by atoms with van der Waals surface area (Å²) in [5.74, 6) is -1.82. The number of cyclic esters (lactones) is 1. The normalized spacial score (nSPS) is 29.3. The third-order valence-corrected chi connectivity index (χ3v) is 6.37. The third-order valence-electron chi connectivity index (χ3n) is 6.37. The minimum atomic E-state index is -1.83. The van der Waals surface area contributed by atoms with Gasteiger partial charge in [0.1, 0.15) is 29.8 Å². The van der Waals surface area contributed by atoms with Crippen LogP contribution in [-0.2, 0) is 19.9 Å². The summed E-state index contributed by atoms with van der Waals surface area (Å²) < 4.78 is 16.7. The van der Waals surface area contributed by atoms with E-state index in [0.717, 1.165) is 0 Å². The van der Waals surface area contributed by atoms with E-state index in [1.807, 2.05) is 0 Å². The summed E-state index contributed by atoms with van der Waals surface area (Å²) in [4.78, 5) is 24.1. The molecule has 5 N–H and O–H groups in total. The second-order valence-electron chi connectivity index (χ2n) is 8.54. The van der Waals surface area contributed by atoms with Gasteiger partial charge in [-0.05, 0) is 30.3 Å². The van der Waals surface area contributed by atoms with Gasteiger partial charge in [0.05, 0.1) is 5.56 Å². The maximum Gasteiger partial charge on any atom is 0.340 e. The van der Waals surface area contributed by atoms with Gasteiger partial charge in [-0.1, -0.05) is 42.5 Å². The molecular weight excluding hydrogens is 472 g/mol. The first-order valence-corrected chi connectivity index (χ1v) is 11.0. The summed E-state index contributed by atoms with van der Waals surface area (Å²) in [6.07, 6.45) is -8.69. The summed E-state index contributed by atoms with van der Waals surface area (Å²) in [7, 11) is 0. The number of hydrogen-bond acceptors (Lipinski definition) is 9. The molecule has 2 aliphatic heterocycles. The Morgan fingerprint density at radius 1 is 0.833 bits per heavy atom. The van der Waals surface area contributed by atoms with E-state index in [2.05, 4.69) is 0 Å². The van der Waals surface area contributed by atoms with Crippen LogP contribution in [0.25, 0.3) is 0 Å². The number of ether oxygens (including phenoxy) is 3. The highest BCUT2D eigenvalue weighted by Gasteiger charge is 2.49. The van der Waals surface area contributed by atoms with Crippen molar-refractivity contribution in [3.8, 4) is 11.5 Å². The fourth-order valence-corrected chi connectivity index (χ4v) is 4.56. The largest absolute Gasteiger partial charge is 0.508 e. The van der Waals surface area contributed by atoms with Crippen LogP contribution < -0.4 is 4.74 Å². The molecule has 0 saturated carbocycles. The zero-order valence-corrected chi connectivity index (χ0v) is 18.6. The van der Waals surface area contributed by atoms with Crippen LogP contribution in [0.2, 0.25) is 0 Å². The summed E-state index contributed by atoms with van der Waals surface area (Å²) in [5.41, 5.74) is 0.858. The van der Waals surface area contributed by atoms with Crippen molar-refractivity contribution < 1.29 is 49.3 Å². The standard InChI is InChI=1S/C26H22O10/c27-15-9-5-13(6-10-15)26(18-4-2-1-3-17(18)24(33)36-26)14-7-11-16(12-8-14)34-25-21(30)19(28)20(29)22(35-25)23(31)32/h1-12,19-22,25,27-30H,(H,31,32)/t19-,20-,21+,22-,25+,26?/m1/s1. The van der Waals surface area contributed by atoms with E-state index in [1.54, 1.807) is 48.5 Å². The van der Waals surface area contributed by atoms with Crippen LogP contribution in [0.5, 0.6) is 11.5 Å². The van der Waals surface area contributed by atoms with Crippen molar-refractivity contribution in [1.29, 1.82) is 0 Å². The van der Waals surface area contributed by atoms with Gasteiger partial charge in [0, 0.05) is 16.7 Å². The van der Waals surface area contributed by atoms with E-state index in [0.29, 0.717) is 22.3 Å². The van der Waals surface area contributed by atoms with Gasteiger partial charge < -0.3 is 39.7 Å². The molecule has 36 heavy (non-hydrogen) atoms. The fourth-order valence-electron chi connectivity index (χ4n) is 4.56. The monoisotopic (exact) mass is 494 g/mol. The summed E-state index contributed by atoms with van der Waals surface area (Å²) >= 11 is 0. The van der Waals surface area contributed by atoms with Crippen LogP contribution >= 0.6 is 0 Å². The van der Waals surface area contributed by atoms with Gasteiger partial charge in [-0.3, -0.25) is 0 Å². The molecule has 1 saturated heterocycles. The van der Waals surface area contributed by atoms with E-state index in [9.17, 15) is 35.1 Å². The highest BCUT2D eigenvalue weighted by molar-refractivity contribution is 5.96. The van der Waals surface area contributed by atoms with Crippen LogP contribution in [0.1, 0.15) is 27.0 Å². The van der Waals surface area contributed by atoms with Gasteiger partial charge in [-0.25, -0.2) is 9.59 Å². The Morgan fingerprint density at radius 3 is 2.08 bits per heavy atom. The number of carboxylic acid groups (broad SMARTS) is 1. The van der Waals surface area contributed by atoms with E-state index in [-0.39, 0.29) is 11.5 Å². The first kappa shape index (κ1) is 23.8. The molecule has 5 rings (SSSR count). The molecule has 0 bridgehead atoms. The van der Waals surface area contributed by atoms with Gasteiger partial charge in [0.25, 0.3) is 0 Å². The van der Waals surface area contributed by atoms with E-state index >= 15 is 0 Å².